The van der Waals surface area contributed by atoms with E-state index < -0.39 is 23.3 Å². The number of carbonyl (C=O) groups excluding carboxylic acids is 1. The molecule has 27 heavy (non-hydrogen) atoms. The lowest BCUT2D eigenvalue weighted by Crippen LogP contribution is -2.38. The molecule has 1 aromatic carbocycles. The van der Waals surface area contributed by atoms with Gasteiger partial charge in [0.25, 0.3) is 11.5 Å². The molecule has 3 N–H and O–H groups in total. The van der Waals surface area contributed by atoms with Gasteiger partial charge in [-0.05, 0) is 54.2 Å². The highest BCUT2D eigenvalue weighted by atomic mass is 19.4. The number of aryl methyl sites for hydroxylation is 1. The number of hydrogen-bond donors (Lipinski definition) is 3. The van der Waals surface area contributed by atoms with Crippen molar-refractivity contribution in [1.82, 2.24) is 10.3 Å². The Labute approximate surface area is 153 Å². The van der Waals surface area contributed by atoms with Crippen molar-refractivity contribution in [1.29, 1.82) is 0 Å². The Bertz CT molecular complexity index is 921. The molecular formula is C19H19F3N2O3. The van der Waals surface area contributed by atoms with Crippen LogP contribution in [0.15, 0.2) is 35.1 Å². The summed E-state index contributed by atoms with van der Waals surface area (Å²) < 4.78 is 38.0. The minimum absolute atomic E-state index is 0.125. The van der Waals surface area contributed by atoms with Crippen molar-refractivity contribution in [2.75, 3.05) is 0 Å². The van der Waals surface area contributed by atoms with Gasteiger partial charge < -0.3 is 15.4 Å². The summed E-state index contributed by atoms with van der Waals surface area (Å²) in [6.45, 7) is 1.99. The normalized spacial score (nSPS) is 19.4. The maximum atomic E-state index is 12.7. The lowest BCUT2D eigenvalue weighted by molar-refractivity contribution is -0.141. The van der Waals surface area contributed by atoms with Gasteiger partial charge in [0.05, 0.1) is 6.04 Å². The van der Waals surface area contributed by atoms with Crippen LogP contribution in [0.4, 0.5) is 13.2 Å². The van der Waals surface area contributed by atoms with Gasteiger partial charge in [-0.1, -0.05) is 19.4 Å². The molecule has 1 aliphatic carbocycles. The zero-order chi connectivity index (χ0) is 19.8. The zero-order valence-electron chi connectivity index (χ0n) is 14.6. The van der Waals surface area contributed by atoms with Crippen molar-refractivity contribution in [3.63, 3.8) is 0 Å². The topological polar surface area (TPSA) is 82.2 Å². The van der Waals surface area contributed by atoms with Crippen LogP contribution in [0, 0.1) is 5.92 Å². The van der Waals surface area contributed by atoms with Gasteiger partial charge >= 0.3 is 6.18 Å². The molecule has 144 valence electrons. The number of aromatic hydroxyl groups is 1. The molecule has 0 saturated carbocycles. The molecule has 1 aliphatic rings. The number of phenolic OH excluding ortho intramolecular Hbond substituents is 1. The number of aromatic nitrogens is 1. The van der Waals surface area contributed by atoms with Gasteiger partial charge in [-0.2, -0.15) is 13.2 Å². The average molecular weight is 380 g/mol. The highest BCUT2D eigenvalue weighted by Gasteiger charge is 2.33. The molecule has 2 atom stereocenters. The third kappa shape index (κ3) is 3.84. The van der Waals surface area contributed by atoms with Crippen LogP contribution in [0.2, 0.25) is 0 Å². The van der Waals surface area contributed by atoms with Crippen molar-refractivity contribution >= 4 is 5.91 Å². The fourth-order valence-electron chi connectivity index (χ4n) is 3.55. The molecule has 5 nitrogen and oxygen atoms in total. The smallest absolute Gasteiger partial charge is 0.431 e. The molecule has 0 fully saturated rings. The highest BCUT2D eigenvalue weighted by molar-refractivity contribution is 5.94. The average Bonchev–Trinajstić information content (AvgIpc) is 2.60. The van der Waals surface area contributed by atoms with E-state index in [2.05, 4.69) is 5.32 Å². The SMILES string of the molecule is CCC1CCc2cc(O)ccc2C1NC(=O)c1ccc(C(F)(F)F)[nH]c1=O. The van der Waals surface area contributed by atoms with E-state index in [9.17, 15) is 27.9 Å². The monoisotopic (exact) mass is 380 g/mol. The van der Waals surface area contributed by atoms with Crippen molar-refractivity contribution in [2.24, 2.45) is 5.92 Å². The van der Waals surface area contributed by atoms with Crippen LogP contribution in [-0.2, 0) is 12.6 Å². The van der Waals surface area contributed by atoms with E-state index >= 15 is 0 Å². The molecule has 3 rings (SSSR count). The van der Waals surface area contributed by atoms with E-state index in [0.717, 1.165) is 36.5 Å². The Morgan fingerprint density at radius 2 is 2.04 bits per heavy atom. The summed E-state index contributed by atoms with van der Waals surface area (Å²) >= 11 is 0. The first kappa shape index (κ1) is 19.0. The second-order valence-electron chi connectivity index (χ2n) is 6.65. The first-order chi connectivity index (χ1) is 12.7. The van der Waals surface area contributed by atoms with Crippen molar-refractivity contribution in [3.8, 4) is 5.75 Å². The fraction of sp³-hybridized carbons (Fsp3) is 0.368. The summed E-state index contributed by atoms with van der Waals surface area (Å²) in [5.41, 5.74) is -0.899. The standard InChI is InChI=1S/C19H19F3N2O3/c1-2-10-3-4-11-9-12(25)5-6-13(11)16(10)24-18(27)14-7-8-15(19(20,21)22)23-17(14)26/h5-10,16,25H,2-4H2,1H3,(H,23,26)(H,24,27). The first-order valence-corrected chi connectivity index (χ1v) is 8.64. The van der Waals surface area contributed by atoms with Gasteiger partial charge in [0.2, 0.25) is 0 Å². The molecule has 2 unspecified atom stereocenters. The Morgan fingerprint density at radius 3 is 2.67 bits per heavy atom. The molecule has 0 spiro atoms. The lowest BCUT2D eigenvalue weighted by Gasteiger charge is -2.33. The summed E-state index contributed by atoms with van der Waals surface area (Å²) in [5, 5.41) is 12.4. The van der Waals surface area contributed by atoms with Crippen LogP contribution < -0.4 is 10.9 Å². The van der Waals surface area contributed by atoms with Crippen LogP contribution in [-0.4, -0.2) is 16.0 Å². The second kappa shape index (κ2) is 7.09. The zero-order valence-corrected chi connectivity index (χ0v) is 14.6. The van der Waals surface area contributed by atoms with Gasteiger partial charge in [0, 0.05) is 0 Å². The Hall–Kier alpha value is -2.77. The maximum absolute atomic E-state index is 12.7. The predicted octanol–water partition coefficient (Wildman–Crippen LogP) is 3.54. The highest BCUT2D eigenvalue weighted by Crippen LogP contribution is 2.37. The minimum atomic E-state index is -4.69. The Kier molecular flexibility index (Phi) is 4.99. The quantitative estimate of drug-likeness (QED) is 0.762. The van der Waals surface area contributed by atoms with Crippen LogP contribution in [0.25, 0.3) is 0 Å². The summed E-state index contributed by atoms with van der Waals surface area (Å²) in [6, 6.07) is 6.09. The number of rotatable bonds is 3. The van der Waals surface area contributed by atoms with Crippen molar-refractivity contribution in [2.45, 2.75) is 38.4 Å². The second-order valence-corrected chi connectivity index (χ2v) is 6.65. The van der Waals surface area contributed by atoms with Gasteiger partial charge in [0.15, 0.2) is 0 Å². The number of halogens is 3. The van der Waals surface area contributed by atoms with Crippen molar-refractivity contribution in [3.05, 3.63) is 63.1 Å². The number of fused-ring (bicyclic) bond motifs is 1. The van der Waals surface area contributed by atoms with Gasteiger partial charge in [-0.25, -0.2) is 0 Å². The number of nitrogens with one attached hydrogen (secondary N) is 2. The molecule has 8 heteroatoms. The van der Waals surface area contributed by atoms with Crippen LogP contribution in [0.1, 0.15) is 53.0 Å². The maximum Gasteiger partial charge on any atom is 0.431 e. The largest absolute Gasteiger partial charge is 0.508 e. The van der Waals surface area contributed by atoms with Crippen molar-refractivity contribution < 1.29 is 23.1 Å². The molecule has 0 aliphatic heterocycles. The van der Waals surface area contributed by atoms with E-state index in [1.807, 2.05) is 6.92 Å². The fourth-order valence-corrected chi connectivity index (χ4v) is 3.55. The minimum Gasteiger partial charge on any atom is -0.508 e. The van der Waals surface area contributed by atoms with Gasteiger partial charge in [-0.15, -0.1) is 0 Å². The number of phenols is 1. The number of H-pyrrole nitrogens is 1. The third-order valence-corrected chi connectivity index (χ3v) is 4.99. The molecule has 0 radical (unpaired) electrons. The number of aromatic amines is 1. The molecule has 0 bridgehead atoms. The summed E-state index contributed by atoms with van der Waals surface area (Å²) in [7, 11) is 0. The van der Waals surface area contributed by atoms with E-state index in [1.165, 1.54) is 6.07 Å². The van der Waals surface area contributed by atoms with E-state index in [4.69, 9.17) is 0 Å². The molecule has 1 amide bonds. The van der Waals surface area contributed by atoms with Crippen LogP contribution in [0.3, 0.4) is 0 Å². The predicted molar refractivity (Wildman–Crippen MR) is 92.5 cm³/mol. The molecule has 2 aromatic rings. The summed E-state index contributed by atoms with van der Waals surface area (Å²) in [6.07, 6.45) is -2.35. The Morgan fingerprint density at radius 1 is 1.30 bits per heavy atom. The summed E-state index contributed by atoms with van der Waals surface area (Å²) in [4.78, 5) is 26.2. The van der Waals surface area contributed by atoms with Gasteiger partial charge in [0.1, 0.15) is 17.0 Å². The molecule has 1 aromatic heterocycles. The third-order valence-electron chi connectivity index (χ3n) is 4.99. The first-order valence-electron chi connectivity index (χ1n) is 8.64. The lowest BCUT2D eigenvalue weighted by atomic mass is 9.78. The number of hydrogen-bond acceptors (Lipinski definition) is 3. The van der Waals surface area contributed by atoms with Crippen LogP contribution >= 0.6 is 0 Å². The van der Waals surface area contributed by atoms with Crippen LogP contribution in [0.5, 0.6) is 5.75 Å². The van der Waals surface area contributed by atoms with Gasteiger partial charge in [-0.3, -0.25) is 9.59 Å². The summed E-state index contributed by atoms with van der Waals surface area (Å²) in [5.74, 6) is -0.471. The van der Waals surface area contributed by atoms with E-state index in [1.54, 1.807) is 17.1 Å². The molecular weight excluding hydrogens is 361 g/mol. The number of amides is 1. The van der Waals surface area contributed by atoms with E-state index in [-0.39, 0.29) is 23.3 Å². The number of pyridine rings is 1. The number of carbonyl (C=O) groups is 1. The molecule has 1 heterocycles. The number of alkyl halides is 3. The molecule has 0 saturated heterocycles. The van der Waals surface area contributed by atoms with E-state index in [0.29, 0.717) is 6.07 Å². The number of benzene rings is 1. The Balaban J connectivity index is 1.90.